The molecule has 0 radical (unpaired) electrons. The summed E-state index contributed by atoms with van der Waals surface area (Å²) < 4.78 is 5.35. The van der Waals surface area contributed by atoms with Crippen LogP contribution in [0.25, 0.3) is 0 Å². The number of nitrogen functional groups attached to an aromatic ring is 1. The SMILES string of the molecule is Cl.Cl.Nc1cccc(CN(CCO)CCN2CCOCC2)c1. The number of aliphatic hydroxyl groups is 1. The summed E-state index contributed by atoms with van der Waals surface area (Å²) in [5.74, 6) is 0. The Morgan fingerprint density at radius 2 is 1.91 bits per heavy atom. The average molecular weight is 352 g/mol. The number of halogens is 2. The maximum Gasteiger partial charge on any atom is 0.0594 e. The Balaban J connectivity index is 0.00000220. The molecule has 0 amide bonds. The summed E-state index contributed by atoms with van der Waals surface area (Å²) in [6.07, 6.45) is 0. The van der Waals surface area contributed by atoms with Gasteiger partial charge in [0.2, 0.25) is 0 Å². The minimum atomic E-state index is 0. The molecule has 1 aliphatic rings. The number of ether oxygens (including phenoxy) is 1. The number of benzene rings is 1. The van der Waals surface area contributed by atoms with Gasteiger partial charge in [0.15, 0.2) is 0 Å². The Kier molecular flexibility index (Phi) is 11.6. The molecule has 0 bridgehead atoms. The summed E-state index contributed by atoms with van der Waals surface area (Å²) in [5, 5.41) is 9.21. The van der Waals surface area contributed by atoms with Gasteiger partial charge in [0, 0.05) is 45.0 Å². The Bertz CT molecular complexity index is 404. The smallest absolute Gasteiger partial charge is 0.0594 e. The molecule has 1 fully saturated rings. The van der Waals surface area contributed by atoms with Crippen molar-refractivity contribution in [1.82, 2.24) is 9.80 Å². The molecular formula is C15H27Cl2N3O2. The summed E-state index contributed by atoms with van der Waals surface area (Å²) >= 11 is 0. The summed E-state index contributed by atoms with van der Waals surface area (Å²) in [4.78, 5) is 4.68. The van der Waals surface area contributed by atoms with Gasteiger partial charge in [0.05, 0.1) is 19.8 Å². The van der Waals surface area contributed by atoms with Crippen molar-refractivity contribution in [2.45, 2.75) is 6.54 Å². The molecule has 1 aliphatic heterocycles. The number of rotatable bonds is 7. The van der Waals surface area contributed by atoms with E-state index in [1.165, 1.54) is 5.56 Å². The molecular weight excluding hydrogens is 325 g/mol. The molecule has 3 N–H and O–H groups in total. The van der Waals surface area contributed by atoms with Crippen LogP contribution in [0.2, 0.25) is 0 Å². The molecule has 7 heteroatoms. The van der Waals surface area contributed by atoms with E-state index < -0.39 is 0 Å². The highest BCUT2D eigenvalue weighted by atomic mass is 35.5. The molecule has 0 spiro atoms. The predicted molar refractivity (Wildman–Crippen MR) is 95.0 cm³/mol. The molecule has 1 aromatic carbocycles. The van der Waals surface area contributed by atoms with Gasteiger partial charge in [-0.05, 0) is 17.7 Å². The lowest BCUT2D eigenvalue weighted by Gasteiger charge is -2.29. The highest BCUT2D eigenvalue weighted by molar-refractivity contribution is 5.85. The number of nitrogens with zero attached hydrogens (tertiary/aromatic N) is 2. The Morgan fingerprint density at radius 1 is 1.18 bits per heavy atom. The van der Waals surface area contributed by atoms with Gasteiger partial charge in [0.1, 0.15) is 0 Å². The van der Waals surface area contributed by atoms with Crippen molar-refractivity contribution in [3.63, 3.8) is 0 Å². The number of aliphatic hydroxyl groups excluding tert-OH is 1. The van der Waals surface area contributed by atoms with E-state index in [1.54, 1.807) is 0 Å². The van der Waals surface area contributed by atoms with Gasteiger partial charge < -0.3 is 15.6 Å². The third-order valence-corrected chi connectivity index (χ3v) is 3.61. The molecule has 0 atom stereocenters. The van der Waals surface area contributed by atoms with Gasteiger partial charge in [-0.3, -0.25) is 9.80 Å². The first-order chi connectivity index (χ1) is 9.78. The highest BCUT2D eigenvalue weighted by Gasteiger charge is 2.12. The minimum absolute atomic E-state index is 0. The molecule has 22 heavy (non-hydrogen) atoms. The van der Waals surface area contributed by atoms with Gasteiger partial charge >= 0.3 is 0 Å². The van der Waals surface area contributed by atoms with Gasteiger partial charge in [-0.1, -0.05) is 12.1 Å². The number of nitrogens with two attached hydrogens (primary N) is 1. The van der Waals surface area contributed by atoms with Gasteiger partial charge in [-0.25, -0.2) is 0 Å². The van der Waals surface area contributed by atoms with E-state index in [4.69, 9.17) is 10.5 Å². The van der Waals surface area contributed by atoms with Crippen molar-refractivity contribution in [2.75, 3.05) is 58.3 Å². The second-order valence-electron chi connectivity index (χ2n) is 5.20. The summed E-state index contributed by atoms with van der Waals surface area (Å²) in [6.45, 7) is 7.35. The second kappa shape index (κ2) is 11.9. The zero-order valence-corrected chi connectivity index (χ0v) is 14.5. The molecule has 1 aromatic rings. The number of hydrogen-bond acceptors (Lipinski definition) is 5. The topological polar surface area (TPSA) is 62.0 Å². The van der Waals surface area contributed by atoms with Crippen molar-refractivity contribution in [3.05, 3.63) is 29.8 Å². The van der Waals surface area contributed by atoms with Gasteiger partial charge in [-0.15, -0.1) is 24.8 Å². The first kappa shape index (κ1) is 21.4. The van der Waals surface area contributed by atoms with E-state index in [-0.39, 0.29) is 31.4 Å². The molecule has 0 saturated carbocycles. The van der Waals surface area contributed by atoms with Crippen LogP contribution in [0.4, 0.5) is 5.69 Å². The fourth-order valence-corrected chi connectivity index (χ4v) is 2.47. The molecule has 128 valence electrons. The van der Waals surface area contributed by atoms with E-state index in [0.29, 0.717) is 6.54 Å². The average Bonchev–Trinajstić information content (AvgIpc) is 2.46. The van der Waals surface area contributed by atoms with E-state index in [0.717, 1.165) is 51.6 Å². The first-order valence-corrected chi connectivity index (χ1v) is 7.25. The molecule has 0 aromatic heterocycles. The molecule has 1 heterocycles. The van der Waals surface area contributed by atoms with Crippen molar-refractivity contribution < 1.29 is 9.84 Å². The first-order valence-electron chi connectivity index (χ1n) is 7.25. The normalized spacial score (nSPS) is 15.2. The van der Waals surface area contributed by atoms with E-state index >= 15 is 0 Å². The van der Waals surface area contributed by atoms with E-state index in [9.17, 15) is 5.11 Å². The van der Waals surface area contributed by atoms with Crippen molar-refractivity contribution >= 4 is 30.5 Å². The second-order valence-corrected chi connectivity index (χ2v) is 5.20. The monoisotopic (exact) mass is 351 g/mol. The number of anilines is 1. The Labute approximate surface area is 145 Å². The Hall–Kier alpha value is -0.560. The lowest BCUT2D eigenvalue weighted by Crippen LogP contribution is -2.41. The van der Waals surface area contributed by atoms with Gasteiger partial charge in [-0.2, -0.15) is 0 Å². The van der Waals surface area contributed by atoms with Crippen LogP contribution in [0, 0.1) is 0 Å². The maximum atomic E-state index is 9.21. The van der Waals surface area contributed by atoms with E-state index in [2.05, 4.69) is 15.9 Å². The van der Waals surface area contributed by atoms with Crippen molar-refractivity contribution in [2.24, 2.45) is 0 Å². The van der Waals surface area contributed by atoms with Gasteiger partial charge in [0.25, 0.3) is 0 Å². The Morgan fingerprint density at radius 3 is 2.55 bits per heavy atom. The maximum absolute atomic E-state index is 9.21. The molecule has 0 unspecified atom stereocenters. The van der Waals surface area contributed by atoms with Crippen LogP contribution in [0.5, 0.6) is 0 Å². The number of hydrogen-bond donors (Lipinski definition) is 2. The third kappa shape index (κ3) is 7.63. The molecule has 1 saturated heterocycles. The van der Waals surface area contributed by atoms with E-state index in [1.807, 2.05) is 18.2 Å². The summed E-state index contributed by atoms with van der Waals surface area (Å²) in [6, 6.07) is 7.95. The molecule has 2 rings (SSSR count). The van der Waals surface area contributed by atoms with Crippen molar-refractivity contribution in [3.8, 4) is 0 Å². The van der Waals surface area contributed by atoms with Crippen LogP contribution in [0.1, 0.15) is 5.56 Å². The van der Waals surface area contributed by atoms with Crippen LogP contribution < -0.4 is 5.73 Å². The summed E-state index contributed by atoms with van der Waals surface area (Å²) in [5.41, 5.74) is 7.80. The predicted octanol–water partition coefficient (Wildman–Crippen LogP) is 1.24. The van der Waals surface area contributed by atoms with Crippen molar-refractivity contribution in [1.29, 1.82) is 0 Å². The largest absolute Gasteiger partial charge is 0.399 e. The molecule has 5 nitrogen and oxygen atoms in total. The minimum Gasteiger partial charge on any atom is -0.399 e. The van der Waals surface area contributed by atoms with Crippen LogP contribution >= 0.6 is 24.8 Å². The quantitative estimate of drug-likeness (QED) is 0.723. The van der Waals surface area contributed by atoms with Crippen LogP contribution in [0.3, 0.4) is 0 Å². The zero-order chi connectivity index (χ0) is 14.2. The van der Waals surface area contributed by atoms with Crippen LogP contribution in [0.15, 0.2) is 24.3 Å². The molecule has 0 aliphatic carbocycles. The number of morpholine rings is 1. The standard InChI is InChI=1S/C15H25N3O2.2ClH/c16-15-3-1-2-14(12-15)13-18(6-9-19)5-4-17-7-10-20-11-8-17;;/h1-3,12,19H,4-11,13,16H2;2*1H. The zero-order valence-electron chi connectivity index (χ0n) is 12.8. The lowest BCUT2D eigenvalue weighted by molar-refractivity contribution is 0.0320. The van der Waals surface area contributed by atoms with Crippen LogP contribution in [-0.2, 0) is 11.3 Å². The highest BCUT2D eigenvalue weighted by Crippen LogP contribution is 2.09. The lowest BCUT2D eigenvalue weighted by atomic mass is 10.2. The fraction of sp³-hybridized carbons (Fsp3) is 0.600. The summed E-state index contributed by atoms with van der Waals surface area (Å²) in [7, 11) is 0. The third-order valence-electron chi connectivity index (χ3n) is 3.61. The van der Waals surface area contributed by atoms with Crippen LogP contribution in [-0.4, -0.2) is 67.5 Å². The fourth-order valence-electron chi connectivity index (χ4n) is 2.47.